The molecule has 1 aromatic rings. The highest BCUT2D eigenvalue weighted by molar-refractivity contribution is 8.00. The zero-order valence-corrected chi connectivity index (χ0v) is 12.5. The zero-order valence-electron chi connectivity index (χ0n) is 11.6. The maximum atomic E-state index is 11.9. The van der Waals surface area contributed by atoms with Crippen LogP contribution in [0.1, 0.15) is 26.7 Å². The predicted octanol–water partition coefficient (Wildman–Crippen LogP) is 3.10. The van der Waals surface area contributed by atoms with E-state index in [0.29, 0.717) is 12.3 Å². The number of carbonyl (C=O) groups is 1. The van der Waals surface area contributed by atoms with Gasteiger partial charge in [0.05, 0.1) is 13.7 Å². The van der Waals surface area contributed by atoms with Crippen LogP contribution in [0.2, 0.25) is 0 Å². The highest BCUT2D eigenvalue weighted by Gasteiger charge is 2.21. The fourth-order valence-corrected chi connectivity index (χ4v) is 2.83. The monoisotopic (exact) mass is 283 g/mol. The van der Waals surface area contributed by atoms with E-state index in [1.54, 1.807) is 19.2 Å². The molecule has 0 saturated heterocycles. The molecule has 5 heteroatoms. The molecule has 0 amide bonds. The Morgan fingerprint density at radius 3 is 2.74 bits per heavy atom. The lowest BCUT2D eigenvalue weighted by molar-refractivity contribution is -0.142. The minimum atomic E-state index is -0.223. The van der Waals surface area contributed by atoms with Crippen LogP contribution in [0.4, 0.5) is 5.69 Å². The molecule has 0 aliphatic rings. The van der Waals surface area contributed by atoms with Crippen molar-refractivity contribution in [2.24, 2.45) is 0 Å². The fourth-order valence-electron chi connectivity index (χ4n) is 1.62. The first-order valence-electron chi connectivity index (χ1n) is 6.39. The molecule has 4 nitrogen and oxygen atoms in total. The van der Waals surface area contributed by atoms with Crippen molar-refractivity contribution in [1.29, 1.82) is 0 Å². The average molecular weight is 283 g/mol. The van der Waals surface area contributed by atoms with Crippen molar-refractivity contribution in [3.8, 4) is 5.75 Å². The Hall–Kier alpha value is -1.36. The van der Waals surface area contributed by atoms with Gasteiger partial charge in [-0.3, -0.25) is 4.79 Å². The number of hydrogen-bond donors (Lipinski definition) is 1. The summed E-state index contributed by atoms with van der Waals surface area (Å²) in [6, 6.07) is 5.44. The Bertz CT molecular complexity index is 423. The van der Waals surface area contributed by atoms with Gasteiger partial charge in [0.25, 0.3) is 0 Å². The number of nitrogen functional groups attached to an aromatic ring is 1. The standard InChI is InChI=1S/C14H21NO3S/c1-4-6-12(14(16)18-5-2)19-13-9-10(17-3)7-8-11(13)15/h7-9,12H,4-6,15H2,1-3H3. The van der Waals surface area contributed by atoms with Gasteiger partial charge in [0.15, 0.2) is 0 Å². The SMILES string of the molecule is CCCC(Sc1cc(OC)ccc1N)C(=O)OCC. The first kappa shape index (κ1) is 15.7. The number of hydrogen-bond acceptors (Lipinski definition) is 5. The number of anilines is 1. The molecule has 0 bridgehead atoms. The molecule has 0 radical (unpaired) electrons. The maximum Gasteiger partial charge on any atom is 0.319 e. The number of esters is 1. The molecule has 2 N–H and O–H groups in total. The normalized spacial score (nSPS) is 11.9. The molecule has 1 unspecified atom stereocenters. The summed E-state index contributed by atoms with van der Waals surface area (Å²) in [5.41, 5.74) is 6.58. The molecule has 0 aliphatic heterocycles. The van der Waals surface area contributed by atoms with Crippen molar-refractivity contribution in [2.45, 2.75) is 36.8 Å². The average Bonchev–Trinajstić information content (AvgIpc) is 2.40. The largest absolute Gasteiger partial charge is 0.497 e. The number of ether oxygens (including phenoxy) is 2. The molecule has 0 spiro atoms. The van der Waals surface area contributed by atoms with Crippen molar-refractivity contribution in [3.63, 3.8) is 0 Å². The lowest BCUT2D eigenvalue weighted by Gasteiger charge is -2.16. The summed E-state index contributed by atoms with van der Waals surface area (Å²) in [7, 11) is 1.61. The fraction of sp³-hybridized carbons (Fsp3) is 0.500. The van der Waals surface area contributed by atoms with E-state index in [4.69, 9.17) is 15.2 Å². The van der Waals surface area contributed by atoms with Crippen molar-refractivity contribution < 1.29 is 14.3 Å². The third kappa shape index (κ3) is 4.67. The third-order valence-electron chi connectivity index (χ3n) is 2.59. The number of thioether (sulfide) groups is 1. The van der Waals surface area contributed by atoms with Gasteiger partial charge in [0.1, 0.15) is 11.0 Å². The van der Waals surface area contributed by atoms with Gasteiger partial charge in [-0.15, -0.1) is 11.8 Å². The van der Waals surface area contributed by atoms with Crippen molar-refractivity contribution in [3.05, 3.63) is 18.2 Å². The highest BCUT2D eigenvalue weighted by Crippen LogP contribution is 2.34. The van der Waals surface area contributed by atoms with E-state index in [1.807, 2.05) is 19.9 Å². The van der Waals surface area contributed by atoms with Gasteiger partial charge in [0.2, 0.25) is 0 Å². The van der Waals surface area contributed by atoms with Crippen LogP contribution in [-0.2, 0) is 9.53 Å². The van der Waals surface area contributed by atoms with Gasteiger partial charge in [-0.25, -0.2) is 0 Å². The molecule has 19 heavy (non-hydrogen) atoms. The number of methoxy groups -OCH3 is 1. The van der Waals surface area contributed by atoms with Crippen LogP contribution in [0.3, 0.4) is 0 Å². The van der Waals surface area contributed by atoms with Crippen molar-refractivity contribution >= 4 is 23.4 Å². The second kappa shape index (κ2) is 7.94. The highest BCUT2D eigenvalue weighted by atomic mass is 32.2. The minimum absolute atomic E-state index is 0.184. The van der Waals surface area contributed by atoms with E-state index in [9.17, 15) is 4.79 Å². The lowest BCUT2D eigenvalue weighted by atomic mass is 10.2. The van der Waals surface area contributed by atoms with Crippen LogP contribution in [0.15, 0.2) is 23.1 Å². The van der Waals surface area contributed by atoms with Gasteiger partial charge in [-0.2, -0.15) is 0 Å². The topological polar surface area (TPSA) is 61.5 Å². The Kier molecular flexibility index (Phi) is 6.56. The molecule has 1 atom stereocenters. The van der Waals surface area contributed by atoms with E-state index >= 15 is 0 Å². The zero-order chi connectivity index (χ0) is 14.3. The van der Waals surface area contributed by atoms with Crippen LogP contribution in [0, 0.1) is 0 Å². The maximum absolute atomic E-state index is 11.9. The van der Waals surface area contributed by atoms with Gasteiger partial charge in [0, 0.05) is 10.6 Å². The molecule has 0 fully saturated rings. The van der Waals surface area contributed by atoms with Gasteiger partial charge in [-0.05, 0) is 31.5 Å². The van der Waals surface area contributed by atoms with Crippen molar-refractivity contribution in [1.82, 2.24) is 0 Å². The number of carbonyl (C=O) groups excluding carboxylic acids is 1. The summed E-state index contributed by atoms with van der Waals surface area (Å²) < 4.78 is 10.3. The summed E-state index contributed by atoms with van der Waals surface area (Å²) in [4.78, 5) is 12.7. The number of benzene rings is 1. The Labute approximate surface area is 118 Å². The second-order valence-corrected chi connectivity index (χ2v) is 5.30. The Morgan fingerprint density at radius 2 is 2.16 bits per heavy atom. The third-order valence-corrected chi connectivity index (χ3v) is 3.91. The van der Waals surface area contributed by atoms with Crippen molar-refractivity contribution in [2.75, 3.05) is 19.5 Å². The van der Waals surface area contributed by atoms with Gasteiger partial charge < -0.3 is 15.2 Å². The summed E-state index contributed by atoms with van der Waals surface area (Å²) in [6.45, 7) is 4.25. The minimum Gasteiger partial charge on any atom is -0.497 e. The van der Waals surface area contributed by atoms with Gasteiger partial charge >= 0.3 is 5.97 Å². The summed E-state index contributed by atoms with van der Waals surface area (Å²) in [6.07, 6.45) is 1.68. The van der Waals surface area contributed by atoms with Crippen LogP contribution >= 0.6 is 11.8 Å². The quantitative estimate of drug-likeness (QED) is 0.473. The molecule has 0 heterocycles. The predicted molar refractivity (Wildman–Crippen MR) is 78.6 cm³/mol. The number of nitrogens with two attached hydrogens (primary N) is 1. The molecule has 0 aliphatic carbocycles. The Morgan fingerprint density at radius 1 is 1.42 bits per heavy atom. The first-order valence-corrected chi connectivity index (χ1v) is 7.27. The molecule has 1 rings (SSSR count). The summed E-state index contributed by atoms with van der Waals surface area (Å²) in [5, 5.41) is -0.223. The Balaban J connectivity index is 2.86. The van der Waals surface area contributed by atoms with E-state index in [1.165, 1.54) is 11.8 Å². The second-order valence-electron chi connectivity index (χ2n) is 4.05. The molecule has 0 saturated carbocycles. The smallest absolute Gasteiger partial charge is 0.319 e. The van der Waals surface area contributed by atoms with Crippen LogP contribution in [0.5, 0.6) is 5.75 Å². The van der Waals surface area contributed by atoms with E-state index in [0.717, 1.165) is 23.5 Å². The first-order chi connectivity index (χ1) is 9.12. The lowest BCUT2D eigenvalue weighted by Crippen LogP contribution is -2.20. The van der Waals surface area contributed by atoms with Gasteiger partial charge in [-0.1, -0.05) is 13.3 Å². The van der Waals surface area contributed by atoms with Crippen LogP contribution in [0.25, 0.3) is 0 Å². The molecular formula is C14H21NO3S. The van der Waals surface area contributed by atoms with Crippen LogP contribution in [-0.4, -0.2) is 24.9 Å². The van der Waals surface area contributed by atoms with E-state index in [2.05, 4.69) is 0 Å². The van der Waals surface area contributed by atoms with Crippen LogP contribution < -0.4 is 10.5 Å². The van der Waals surface area contributed by atoms with E-state index in [-0.39, 0.29) is 11.2 Å². The number of rotatable bonds is 7. The molecular weight excluding hydrogens is 262 g/mol. The molecule has 0 aromatic heterocycles. The summed E-state index contributed by atoms with van der Waals surface area (Å²) in [5.74, 6) is 0.548. The summed E-state index contributed by atoms with van der Waals surface area (Å²) >= 11 is 1.44. The molecule has 1 aromatic carbocycles. The van der Waals surface area contributed by atoms with E-state index < -0.39 is 0 Å². The molecule has 106 valence electrons.